The van der Waals surface area contributed by atoms with Crippen molar-refractivity contribution in [2.24, 2.45) is 0 Å². The van der Waals surface area contributed by atoms with E-state index in [0.717, 1.165) is 6.42 Å². The van der Waals surface area contributed by atoms with Gasteiger partial charge < -0.3 is 19.6 Å². The molecule has 0 atom stereocenters. The minimum absolute atomic E-state index is 0. The molecule has 0 spiro atoms. The molecule has 0 nitrogen and oxygen atoms in total. The summed E-state index contributed by atoms with van der Waals surface area (Å²) in [6.45, 7) is 8.26. The third kappa shape index (κ3) is 13.7. The molecule has 0 saturated heterocycles. The first kappa shape index (κ1) is 8.98. The van der Waals surface area contributed by atoms with Gasteiger partial charge in [-0.3, -0.25) is 0 Å². The van der Waals surface area contributed by atoms with Crippen LogP contribution in [0.4, 0.5) is 0 Å². The van der Waals surface area contributed by atoms with Gasteiger partial charge in [0.05, 0.1) is 0 Å². The zero-order chi connectivity index (χ0) is 3.41. The maximum atomic E-state index is 4.84. The van der Waals surface area contributed by atoms with Gasteiger partial charge in [0, 0.05) is 0 Å². The number of hydrogen-bond donors (Lipinski definition) is 0. The van der Waals surface area contributed by atoms with E-state index in [-0.39, 0.29) is 17.1 Å². The van der Waals surface area contributed by atoms with Crippen molar-refractivity contribution in [2.75, 3.05) is 0 Å². The van der Waals surface area contributed by atoms with Crippen molar-refractivity contribution in [3.8, 4) is 0 Å². The standard InChI is InChI=1S/C4H6.Cu/c1-3-4-2;/h1,3H,2,4H2;/q-2;+2. The van der Waals surface area contributed by atoms with Gasteiger partial charge in [-0.1, -0.05) is 0 Å². The van der Waals surface area contributed by atoms with Crippen LogP contribution in [0.2, 0.25) is 0 Å². The molecule has 1 heteroatoms. The molecular formula is C4H6Cu. The number of hydrogen-bond acceptors (Lipinski definition) is 0. The largest absolute Gasteiger partial charge is 2.00 e. The number of allylic oxidation sites excluding steroid dienone is 1. The Balaban J connectivity index is 0. The Kier molecular flexibility index (Phi) is 15.9. The molecule has 0 heterocycles. The van der Waals surface area contributed by atoms with Gasteiger partial charge >= 0.3 is 17.1 Å². The summed E-state index contributed by atoms with van der Waals surface area (Å²) in [6, 6.07) is 0. The summed E-state index contributed by atoms with van der Waals surface area (Å²) in [5, 5.41) is 0. The van der Waals surface area contributed by atoms with Crippen molar-refractivity contribution in [1.29, 1.82) is 0 Å². The fourth-order valence-electron chi connectivity index (χ4n) is 0. The second-order valence-electron chi connectivity index (χ2n) is 0.524. The maximum Gasteiger partial charge on any atom is 2.00 e. The zero-order valence-electron chi connectivity index (χ0n) is 2.87. The van der Waals surface area contributed by atoms with Crippen LogP contribution in [-0.4, -0.2) is 0 Å². The van der Waals surface area contributed by atoms with E-state index in [4.69, 9.17) is 6.58 Å². The van der Waals surface area contributed by atoms with Crippen LogP contribution in [0.1, 0.15) is 6.42 Å². The molecule has 0 rings (SSSR count). The van der Waals surface area contributed by atoms with Gasteiger partial charge in [0.1, 0.15) is 0 Å². The van der Waals surface area contributed by atoms with E-state index in [1.165, 1.54) is 6.08 Å². The topological polar surface area (TPSA) is 0 Å². The maximum absolute atomic E-state index is 4.84. The van der Waals surface area contributed by atoms with Crippen molar-refractivity contribution >= 4 is 0 Å². The molecule has 33 valence electrons. The SMILES string of the molecule is [CH-]=CC[CH2-].[Cu+2]. The molecule has 0 N–H and O–H groups in total. The summed E-state index contributed by atoms with van der Waals surface area (Å²) in [5.74, 6) is 0. The predicted molar refractivity (Wildman–Crippen MR) is 18.8 cm³/mol. The molecular weight excluding hydrogens is 112 g/mol. The Morgan fingerprint density at radius 2 is 2.00 bits per heavy atom. The van der Waals surface area contributed by atoms with Crippen LogP contribution >= 0.6 is 0 Å². The van der Waals surface area contributed by atoms with E-state index in [1.54, 1.807) is 0 Å². The van der Waals surface area contributed by atoms with Crippen LogP contribution in [0.5, 0.6) is 0 Å². The van der Waals surface area contributed by atoms with E-state index in [1.807, 2.05) is 0 Å². The van der Waals surface area contributed by atoms with Crippen LogP contribution < -0.4 is 0 Å². The third-order valence-electron chi connectivity index (χ3n) is 0.167. The first-order chi connectivity index (χ1) is 1.91. The first-order valence-electron chi connectivity index (χ1n) is 1.24. The second kappa shape index (κ2) is 8.86. The normalized spacial score (nSPS) is 5.00. The van der Waals surface area contributed by atoms with Gasteiger partial charge in [-0.2, -0.15) is 6.42 Å². The van der Waals surface area contributed by atoms with Crippen LogP contribution in [-0.2, 0) is 17.1 Å². The fraction of sp³-hybridized carbons (Fsp3) is 0.250. The van der Waals surface area contributed by atoms with Crippen LogP contribution in [0.25, 0.3) is 0 Å². The van der Waals surface area contributed by atoms with Crippen molar-refractivity contribution < 1.29 is 17.1 Å². The van der Waals surface area contributed by atoms with Gasteiger partial charge in [-0.15, -0.1) is 0 Å². The van der Waals surface area contributed by atoms with Crippen LogP contribution in [0.15, 0.2) is 6.08 Å². The monoisotopic (exact) mass is 117 g/mol. The summed E-state index contributed by atoms with van der Waals surface area (Å²) in [6.07, 6.45) is 2.24. The van der Waals surface area contributed by atoms with Gasteiger partial charge in [0.25, 0.3) is 0 Å². The van der Waals surface area contributed by atoms with Crippen molar-refractivity contribution in [1.82, 2.24) is 0 Å². The van der Waals surface area contributed by atoms with E-state index >= 15 is 0 Å². The van der Waals surface area contributed by atoms with Crippen LogP contribution in [0.3, 0.4) is 0 Å². The van der Waals surface area contributed by atoms with Gasteiger partial charge in [0.2, 0.25) is 0 Å². The fourth-order valence-corrected chi connectivity index (χ4v) is 0. The molecule has 0 amide bonds. The average molecular weight is 118 g/mol. The van der Waals surface area contributed by atoms with Crippen molar-refractivity contribution in [3.05, 3.63) is 19.6 Å². The first-order valence-corrected chi connectivity index (χ1v) is 1.24. The molecule has 0 aliphatic rings. The van der Waals surface area contributed by atoms with E-state index < -0.39 is 0 Å². The minimum atomic E-state index is 0. The van der Waals surface area contributed by atoms with Crippen molar-refractivity contribution in [3.63, 3.8) is 0 Å². The summed E-state index contributed by atoms with van der Waals surface area (Å²) in [7, 11) is 0. The quantitative estimate of drug-likeness (QED) is 0.358. The molecule has 0 bridgehead atoms. The average Bonchev–Trinajstić information content (AvgIpc) is 1.37. The third-order valence-corrected chi connectivity index (χ3v) is 0.167. The molecule has 0 aliphatic carbocycles. The van der Waals surface area contributed by atoms with E-state index in [0.29, 0.717) is 0 Å². The summed E-state index contributed by atoms with van der Waals surface area (Å²) < 4.78 is 0. The molecule has 0 aromatic carbocycles. The van der Waals surface area contributed by atoms with Gasteiger partial charge in [-0.25, -0.2) is 0 Å². The van der Waals surface area contributed by atoms with Gasteiger partial charge in [-0.05, 0) is 0 Å². The summed E-state index contributed by atoms with van der Waals surface area (Å²) in [4.78, 5) is 0. The molecule has 5 heavy (non-hydrogen) atoms. The smallest absolute Gasteiger partial charge is 0.520 e. The molecule has 0 fully saturated rings. The number of rotatable bonds is 1. The molecule has 0 aliphatic heterocycles. The van der Waals surface area contributed by atoms with Crippen LogP contribution in [0, 0.1) is 13.5 Å². The van der Waals surface area contributed by atoms with E-state index in [2.05, 4.69) is 6.92 Å². The Hall–Kier alpha value is 0.259. The van der Waals surface area contributed by atoms with Crippen molar-refractivity contribution in [2.45, 2.75) is 6.42 Å². The zero-order valence-corrected chi connectivity index (χ0v) is 3.81. The Morgan fingerprint density at radius 3 is 2.00 bits per heavy atom. The molecule has 0 aromatic heterocycles. The van der Waals surface area contributed by atoms with E-state index in [9.17, 15) is 0 Å². The Morgan fingerprint density at radius 1 is 1.80 bits per heavy atom. The minimum Gasteiger partial charge on any atom is -0.520 e. The Bertz CT molecular complexity index is 17.6. The van der Waals surface area contributed by atoms with Gasteiger partial charge in [0.15, 0.2) is 0 Å². The summed E-state index contributed by atoms with van der Waals surface area (Å²) in [5.41, 5.74) is 0. The molecule has 0 aromatic rings. The predicted octanol–water partition coefficient (Wildman–Crippen LogP) is 1.20. The molecule has 1 radical (unpaired) electrons. The Labute approximate surface area is 43.7 Å². The summed E-state index contributed by atoms with van der Waals surface area (Å²) >= 11 is 0. The molecule has 0 unspecified atom stereocenters. The molecule has 0 saturated carbocycles. The second-order valence-corrected chi connectivity index (χ2v) is 0.524.